The number of hydrogen-bond acceptors (Lipinski definition) is 8. The molecule has 212 valence electrons. The second kappa shape index (κ2) is 16.9. The summed E-state index contributed by atoms with van der Waals surface area (Å²) in [6.45, 7) is 3.68. The van der Waals surface area contributed by atoms with E-state index < -0.39 is 35.7 Å². The molecule has 1 saturated heterocycles. The zero-order valence-electron chi connectivity index (χ0n) is 22.0. The summed E-state index contributed by atoms with van der Waals surface area (Å²) in [6.07, 6.45) is 5.77. The van der Waals surface area contributed by atoms with E-state index in [0.717, 1.165) is 43.8 Å². The third-order valence-corrected chi connectivity index (χ3v) is 6.82. The van der Waals surface area contributed by atoms with Crippen LogP contribution in [0.5, 0.6) is 5.75 Å². The highest BCUT2D eigenvalue weighted by atomic mass is 32.1. The Labute approximate surface area is 229 Å². The van der Waals surface area contributed by atoms with E-state index in [0.29, 0.717) is 18.0 Å². The lowest BCUT2D eigenvalue weighted by Crippen LogP contribution is -2.49. The minimum absolute atomic E-state index is 0.0189. The SMILES string of the molecule is CC(Cc1ccc(OCCCCC2CCNCC2)c(NC(=O)C(CS)NC(=O)CNC(=O)CN)c1)C(=O)O. The van der Waals surface area contributed by atoms with Gasteiger partial charge in [0, 0.05) is 5.75 Å². The van der Waals surface area contributed by atoms with Crippen molar-refractivity contribution in [3.8, 4) is 5.75 Å². The Morgan fingerprint density at radius 3 is 2.58 bits per heavy atom. The number of carboxylic acids is 1. The molecule has 1 fully saturated rings. The molecule has 1 aliphatic heterocycles. The number of thiol groups is 1. The van der Waals surface area contributed by atoms with E-state index in [1.54, 1.807) is 25.1 Å². The zero-order valence-corrected chi connectivity index (χ0v) is 22.9. The molecule has 3 amide bonds. The largest absolute Gasteiger partial charge is 0.491 e. The van der Waals surface area contributed by atoms with E-state index >= 15 is 0 Å². The van der Waals surface area contributed by atoms with Crippen molar-refractivity contribution >= 4 is 42.0 Å². The van der Waals surface area contributed by atoms with E-state index in [4.69, 9.17) is 10.5 Å². The maximum absolute atomic E-state index is 13.0. The van der Waals surface area contributed by atoms with E-state index in [9.17, 15) is 24.3 Å². The van der Waals surface area contributed by atoms with E-state index in [1.807, 2.05) is 0 Å². The lowest BCUT2D eigenvalue weighted by molar-refractivity contribution is -0.141. The number of anilines is 1. The number of amides is 3. The molecule has 0 spiro atoms. The van der Waals surface area contributed by atoms with Crippen LogP contribution in [0.25, 0.3) is 0 Å². The zero-order chi connectivity index (χ0) is 27.9. The van der Waals surface area contributed by atoms with Crippen LogP contribution >= 0.6 is 12.6 Å². The van der Waals surface area contributed by atoms with Gasteiger partial charge in [-0.1, -0.05) is 19.4 Å². The summed E-state index contributed by atoms with van der Waals surface area (Å²) in [5, 5.41) is 20.3. The van der Waals surface area contributed by atoms with Crippen LogP contribution in [0, 0.1) is 11.8 Å². The monoisotopic (exact) mass is 551 g/mol. The first-order valence-electron chi connectivity index (χ1n) is 13.1. The van der Waals surface area contributed by atoms with Gasteiger partial charge in [-0.05, 0) is 68.8 Å². The molecule has 1 heterocycles. The number of aliphatic carboxylic acids is 1. The quantitative estimate of drug-likeness (QED) is 0.117. The van der Waals surface area contributed by atoms with Crippen LogP contribution in [0.3, 0.4) is 0 Å². The van der Waals surface area contributed by atoms with Crippen molar-refractivity contribution in [3.63, 3.8) is 0 Å². The minimum atomic E-state index is -0.972. The Morgan fingerprint density at radius 1 is 1.18 bits per heavy atom. The maximum atomic E-state index is 13.0. The second-order valence-corrected chi connectivity index (χ2v) is 9.95. The maximum Gasteiger partial charge on any atom is 0.306 e. The predicted molar refractivity (Wildman–Crippen MR) is 148 cm³/mol. The predicted octanol–water partition coefficient (Wildman–Crippen LogP) is 0.927. The number of carboxylic acid groups (broad SMARTS) is 1. The van der Waals surface area contributed by atoms with Crippen LogP contribution < -0.4 is 31.7 Å². The van der Waals surface area contributed by atoms with Gasteiger partial charge in [0.2, 0.25) is 17.7 Å². The summed E-state index contributed by atoms with van der Waals surface area (Å²) in [6, 6.07) is 4.24. The van der Waals surface area contributed by atoms with Crippen molar-refractivity contribution in [2.24, 2.45) is 17.6 Å². The molecule has 0 bridgehead atoms. The Kier molecular flexibility index (Phi) is 14.0. The molecule has 2 atom stereocenters. The first kappa shape index (κ1) is 31.4. The van der Waals surface area contributed by atoms with Crippen LogP contribution in [0.15, 0.2) is 18.2 Å². The lowest BCUT2D eigenvalue weighted by Gasteiger charge is -2.22. The van der Waals surface area contributed by atoms with Gasteiger partial charge in [-0.15, -0.1) is 0 Å². The molecule has 0 saturated carbocycles. The molecule has 0 radical (unpaired) electrons. The number of carbonyl (C=O) groups excluding carboxylic acids is 3. The average molecular weight is 552 g/mol. The Bertz CT molecular complexity index is 941. The highest BCUT2D eigenvalue weighted by Crippen LogP contribution is 2.28. The molecule has 0 aliphatic carbocycles. The molecule has 12 heteroatoms. The fourth-order valence-electron chi connectivity index (χ4n) is 4.17. The molecule has 38 heavy (non-hydrogen) atoms. The summed E-state index contributed by atoms with van der Waals surface area (Å²) >= 11 is 4.18. The third-order valence-electron chi connectivity index (χ3n) is 6.45. The van der Waals surface area contributed by atoms with E-state index in [-0.39, 0.29) is 25.3 Å². The van der Waals surface area contributed by atoms with Gasteiger partial charge in [0.15, 0.2) is 0 Å². The molecule has 1 aliphatic rings. The summed E-state index contributed by atoms with van der Waals surface area (Å²) in [5.41, 5.74) is 6.33. The first-order valence-corrected chi connectivity index (χ1v) is 13.7. The number of ether oxygens (including phenoxy) is 1. The van der Waals surface area contributed by atoms with Gasteiger partial charge in [0.05, 0.1) is 31.3 Å². The smallest absolute Gasteiger partial charge is 0.306 e. The topological polar surface area (TPSA) is 172 Å². The number of nitrogens with two attached hydrogens (primary N) is 1. The standard InChI is InChI=1S/C26H41N5O6S/c1-17(26(35)36)12-19-5-6-22(37-11-3-2-4-18-7-9-28-10-8-18)20(13-19)31-25(34)21(16-38)30-24(33)15-29-23(32)14-27/h5-6,13,17-18,21,28,38H,2-4,7-12,14-16,27H2,1H3,(H,29,32)(H,30,33)(H,31,34)(H,35,36). The second-order valence-electron chi connectivity index (χ2n) is 9.58. The number of nitrogens with one attached hydrogen (secondary N) is 4. The van der Waals surface area contributed by atoms with Crippen molar-refractivity contribution in [1.29, 1.82) is 0 Å². The molecule has 2 unspecified atom stereocenters. The summed E-state index contributed by atoms with van der Waals surface area (Å²) in [7, 11) is 0. The molecule has 1 aromatic carbocycles. The van der Waals surface area contributed by atoms with Gasteiger partial charge in [-0.3, -0.25) is 19.2 Å². The fraction of sp³-hybridized carbons (Fsp3) is 0.615. The highest BCUT2D eigenvalue weighted by Gasteiger charge is 2.22. The fourth-order valence-corrected chi connectivity index (χ4v) is 4.42. The number of hydrogen-bond donors (Lipinski definition) is 7. The highest BCUT2D eigenvalue weighted by molar-refractivity contribution is 7.80. The van der Waals surface area contributed by atoms with Gasteiger partial charge >= 0.3 is 5.97 Å². The number of rotatable bonds is 16. The average Bonchev–Trinajstić information content (AvgIpc) is 2.91. The summed E-state index contributed by atoms with van der Waals surface area (Å²) in [4.78, 5) is 47.7. The number of piperidine rings is 1. The van der Waals surface area contributed by atoms with Crippen LogP contribution in [0.1, 0.15) is 44.6 Å². The molecule has 7 N–H and O–H groups in total. The lowest BCUT2D eigenvalue weighted by atomic mass is 9.93. The van der Waals surface area contributed by atoms with Gasteiger partial charge in [-0.2, -0.15) is 12.6 Å². The number of benzene rings is 1. The minimum Gasteiger partial charge on any atom is -0.491 e. The van der Waals surface area contributed by atoms with E-state index in [2.05, 4.69) is 33.9 Å². The normalized spacial score (nSPS) is 15.2. The molecule has 0 aromatic heterocycles. The van der Waals surface area contributed by atoms with Crippen molar-refractivity contribution in [2.45, 2.75) is 51.5 Å². The van der Waals surface area contributed by atoms with Crippen molar-refractivity contribution in [1.82, 2.24) is 16.0 Å². The Morgan fingerprint density at radius 2 is 1.92 bits per heavy atom. The van der Waals surface area contributed by atoms with Crippen molar-refractivity contribution in [3.05, 3.63) is 23.8 Å². The number of unbranched alkanes of at least 4 members (excludes halogenated alkanes) is 1. The van der Waals surface area contributed by atoms with Crippen LogP contribution in [0.2, 0.25) is 0 Å². The van der Waals surface area contributed by atoms with Gasteiger partial charge in [0.25, 0.3) is 0 Å². The van der Waals surface area contributed by atoms with Gasteiger partial charge in [0.1, 0.15) is 11.8 Å². The summed E-state index contributed by atoms with van der Waals surface area (Å²) in [5.74, 6) is -1.85. The molecular weight excluding hydrogens is 510 g/mol. The number of carbonyl (C=O) groups is 4. The Balaban J connectivity index is 2.02. The van der Waals surface area contributed by atoms with Crippen molar-refractivity contribution < 1.29 is 29.0 Å². The summed E-state index contributed by atoms with van der Waals surface area (Å²) < 4.78 is 6.00. The van der Waals surface area contributed by atoms with Gasteiger partial charge < -0.3 is 36.8 Å². The van der Waals surface area contributed by atoms with Crippen LogP contribution in [-0.4, -0.2) is 73.4 Å². The molecule has 2 rings (SSSR count). The Hall–Kier alpha value is -2.83. The van der Waals surface area contributed by atoms with Crippen LogP contribution in [-0.2, 0) is 25.6 Å². The molecule has 11 nitrogen and oxygen atoms in total. The third kappa shape index (κ3) is 11.3. The molecular formula is C26H41N5O6S. The van der Waals surface area contributed by atoms with Gasteiger partial charge in [-0.25, -0.2) is 0 Å². The van der Waals surface area contributed by atoms with E-state index in [1.165, 1.54) is 12.8 Å². The first-order chi connectivity index (χ1) is 18.2. The van der Waals surface area contributed by atoms with Crippen molar-refractivity contribution in [2.75, 3.05) is 43.9 Å². The van der Waals surface area contributed by atoms with Crippen LogP contribution in [0.4, 0.5) is 5.69 Å². The molecule has 1 aromatic rings.